The van der Waals surface area contributed by atoms with Crippen molar-refractivity contribution in [2.75, 3.05) is 31.6 Å². The number of aryl methyl sites for hydroxylation is 1. The summed E-state index contributed by atoms with van der Waals surface area (Å²) in [6.07, 6.45) is 4.57. The maximum absolute atomic E-state index is 14.3. The number of carbonyl (C=O) groups is 2. The third-order valence-corrected chi connectivity index (χ3v) is 10.0. The minimum Gasteiger partial charge on any atom is -0.437 e. The summed E-state index contributed by atoms with van der Waals surface area (Å²) in [6.45, 7) is 1.79. The van der Waals surface area contributed by atoms with Crippen molar-refractivity contribution >= 4 is 52.5 Å². The molecule has 2 atom stereocenters. The Morgan fingerprint density at radius 1 is 1.00 bits per heavy atom. The molecule has 12 heteroatoms. The molecule has 0 radical (unpaired) electrons. The van der Waals surface area contributed by atoms with Crippen molar-refractivity contribution in [2.24, 2.45) is 7.05 Å². The summed E-state index contributed by atoms with van der Waals surface area (Å²) in [5.74, 6) is -0.445. The number of hydrogen-bond acceptors (Lipinski definition) is 5. The highest BCUT2D eigenvalue weighted by molar-refractivity contribution is 6.42. The number of ether oxygens (including phenoxy) is 1. The molecule has 3 heterocycles. The Labute approximate surface area is 282 Å². The molecule has 0 aliphatic carbocycles. The second-order valence-corrected chi connectivity index (χ2v) is 13.1. The highest BCUT2D eigenvalue weighted by atomic mass is 35.5. The molecule has 3 aromatic carbocycles. The molecular formula is C34H33Cl3FN5O3. The highest BCUT2D eigenvalue weighted by Crippen LogP contribution is 2.45. The summed E-state index contributed by atoms with van der Waals surface area (Å²) in [6, 6.07) is 16.5. The zero-order valence-electron chi connectivity index (χ0n) is 25.4. The summed E-state index contributed by atoms with van der Waals surface area (Å²) in [5, 5.41) is 4.59. The standard InChI is InChI=1S/C34H33Cl3FN5O3/c1-41-18-14-39-31(41)30(21-3-6-23(35)7-4-21)40-32(44)25(22-5-9-27(36)28(37)19-22)11-15-43-16-12-34(13-17-43)26-20-24(38)8-10-29(26)42(2)33(45)46-34/h3-10,14,18-20,25,30H,11-13,15-17H2,1-2H3,(H,40,44). The second kappa shape index (κ2) is 13.2. The predicted octanol–water partition coefficient (Wildman–Crippen LogP) is 7.48. The fourth-order valence-electron chi connectivity index (χ4n) is 6.40. The van der Waals surface area contributed by atoms with Gasteiger partial charge in [0, 0.05) is 63.0 Å². The van der Waals surface area contributed by atoms with E-state index in [2.05, 4.69) is 15.2 Å². The van der Waals surface area contributed by atoms with Gasteiger partial charge in [-0.3, -0.25) is 9.69 Å². The zero-order chi connectivity index (χ0) is 32.6. The van der Waals surface area contributed by atoms with Gasteiger partial charge < -0.3 is 19.5 Å². The van der Waals surface area contributed by atoms with Crippen LogP contribution in [0.5, 0.6) is 0 Å². The van der Waals surface area contributed by atoms with Gasteiger partial charge in [0.05, 0.1) is 21.7 Å². The first-order valence-electron chi connectivity index (χ1n) is 15.0. The van der Waals surface area contributed by atoms with E-state index in [1.165, 1.54) is 17.0 Å². The normalized spacial score (nSPS) is 17.3. The van der Waals surface area contributed by atoms with Crippen LogP contribution < -0.4 is 10.2 Å². The highest BCUT2D eigenvalue weighted by Gasteiger charge is 2.46. The van der Waals surface area contributed by atoms with E-state index >= 15 is 0 Å². The minimum absolute atomic E-state index is 0.191. The van der Waals surface area contributed by atoms with Gasteiger partial charge in [-0.2, -0.15) is 0 Å². The molecular weight excluding hydrogens is 652 g/mol. The lowest BCUT2D eigenvalue weighted by Crippen LogP contribution is -2.51. The Hall–Kier alpha value is -3.63. The summed E-state index contributed by atoms with van der Waals surface area (Å²) in [4.78, 5) is 35.1. The van der Waals surface area contributed by atoms with Gasteiger partial charge >= 0.3 is 6.09 Å². The molecule has 46 heavy (non-hydrogen) atoms. The van der Waals surface area contributed by atoms with Crippen LogP contribution in [0.15, 0.2) is 73.1 Å². The van der Waals surface area contributed by atoms with Gasteiger partial charge in [0.1, 0.15) is 23.3 Å². The molecule has 2 aliphatic rings. The van der Waals surface area contributed by atoms with E-state index in [4.69, 9.17) is 39.5 Å². The van der Waals surface area contributed by atoms with Gasteiger partial charge in [0.2, 0.25) is 5.91 Å². The monoisotopic (exact) mass is 683 g/mol. The number of hydrogen-bond donors (Lipinski definition) is 1. The largest absolute Gasteiger partial charge is 0.437 e. The van der Waals surface area contributed by atoms with Crippen molar-refractivity contribution in [3.8, 4) is 0 Å². The van der Waals surface area contributed by atoms with Crippen LogP contribution >= 0.6 is 34.8 Å². The Balaban J connectivity index is 1.22. The number of nitrogens with zero attached hydrogens (tertiary/aromatic N) is 4. The van der Waals surface area contributed by atoms with E-state index in [-0.39, 0.29) is 11.7 Å². The molecule has 2 unspecified atom stereocenters. The van der Waals surface area contributed by atoms with Gasteiger partial charge in [-0.1, -0.05) is 53.0 Å². The van der Waals surface area contributed by atoms with Crippen LogP contribution in [0.3, 0.4) is 0 Å². The van der Waals surface area contributed by atoms with Crippen molar-refractivity contribution in [1.29, 1.82) is 0 Å². The Morgan fingerprint density at radius 2 is 1.72 bits per heavy atom. The van der Waals surface area contributed by atoms with Crippen LogP contribution in [0.2, 0.25) is 15.1 Å². The van der Waals surface area contributed by atoms with E-state index in [0.717, 1.165) is 11.1 Å². The number of likely N-dealkylation sites (tertiary alicyclic amines) is 1. The average molecular weight is 685 g/mol. The number of fused-ring (bicyclic) bond motifs is 2. The molecule has 2 aliphatic heterocycles. The Bertz CT molecular complexity index is 1760. The predicted molar refractivity (Wildman–Crippen MR) is 177 cm³/mol. The second-order valence-electron chi connectivity index (χ2n) is 11.8. The summed E-state index contributed by atoms with van der Waals surface area (Å²) >= 11 is 18.8. The fraction of sp³-hybridized carbons (Fsp3) is 0.324. The number of aromatic nitrogens is 2. The molecule has 0 bridgehead atoms. The molecule has 4 aromatic rings. The van der Waals surface area contributed by atoms with Gasteiger partial charge in [-0.25, -0.2) is 14.2 Å². The molecule has 1 aromatic heterocycles. The lowest BCUT2D eigenvalue weighted by molar-refractivity contribution is -0.123. The molecule has 1 spiro atoms. The van der Waals surface area contributed by atoms with Crippen LogP contribution in [0.1, 0.15) is 53.7 Å². The first-order valence-corrected chi connectivity index (χ1v) is 16.1. The van der Waals surface area contributed by atoms with E-state index in [1.54, 1.807) is 43.6 Å². The van der Waals surface area contributed by atoms with Gasteiger partial charge in [0.15, 0.2) is 0 Å². The van der Waals surface area contributed by atoms with Gasteiger partial charge in [0.25, 0.3) is 0 Å². The van der Waals surface area contributed by atoms with Crippen LogP contribution in [-0.2, 0) is 22.2 Å². The summed E-state index contributed by atoms with van der Waals surface area (Å²) in [7, 11) is 3.51. The quantitative estimate of drug-likeness (QED) is 0.208. The van der Waals surface area contributed by atoms with E-state index in [1.807, 2.05) is 36.0 Å². The minimum atomic E-state index is -0.897. The maximum atomic E-state index is 14.3. The Morgan fingerprint density at radius 3 is 2.39 bits per heavy atom. The third-order valence-electron chi connectivity index (χ3n) is 9.03. The average Bonchev–Trinajstić information content (AvgIpc) is 3.47. The number of imidazole rings is 1. The number of rotatable bonds is 8. The molecule has 240 valence electrons. The first kappa shape index (κ1) is 32.3. The first-order chi connectivity index (χ1) is 22.0. The maximum Gasteiger partial charge on any atom is 0.414 e. The lowest BCUT2D eigenvalue weighted by atomic mass is 9.81. The molecule has 8 nitrogen and oxygen atoms in total. The number of nitrogens with one attached hydrogen (secondary N) is 1. The van der Waals surface area contributed by atoms with Crippen LogP contribution in [-0.4, -0.2) is 53.1 Å². The van der Waals surface area contributed by atoms with Crippen molar-refractivity contribution in [3.63, 3.8) is 0 Å². The van der Waals surface area contributed by atoms with E-state index in [9.17, 15) is 14.0 Å². The summed E-state index contributed by atoms with van der Waals surface area (Å²) < 4.78 is 22.1. The van der Waals surface area contributed by atoms with E-state index in [0.29, 0.717) is 71.0 Å². The van der Waals surface area contributed by atoms with E-state index < -0.39 is 23.7 Å². The summed E-state index contributed by atoms with van der Waals surface area (Å²) in [5.41, 5.74) is 2.02. The smallest absolute Gasteiger partial charge is 0.414 e. The van der Waals surface area contributed by atoms with Crippen LogP contribution in [0, 0.1) is 5.82 Å². The van der Waals surface area contributed by atoms with Crippen molar-refractivity contribution in [3.05, 3.63) is 116 Å². The van der Waals surface area contributed by atoms with Gasteiger partial charge in [-0.05, 0) is 66.6 Å². The lowest BCUT2D eigenvalue weighted by Gasteiger charge is -2.46. The third kappa shape index (κ3) is 6.47. The number of benzene rings is 3. The number of piperidine rings is 1. The number of halogens is 4. The number of anilines is 1. The number of carbonyl (C=O) groups excluding carboxylic acids is 2. The zero-order valence-corrected chi connectivity index (χ0v) is 27.6. The molecule has 6 rings (SSSR count). The topological polar surface area (TPSA) is 79.7 Å². The van der Waals surface area contributed by atoms with Crippen molar-refractivity contribution in [2.45, 2.75) is 36.8 Å². The fourth-order valence-corrected chi connectivity index (χ4v) is 6.84. The molecule has 0 saturated carbocycles. The SMILES string of the molecule is CN1C(=O)OC2(CCN(CCC(C(=O)NC(c3ccc(Cl)cc3)c3nccn3C)c3ccc(Cl)c(Cl)c3)CC2)c2cc(F)ccc21. The molecule has 1 saturated heterocycles. The molecule has 1 N–H and O–H groups in total. The molecule has 1 fully saturated rings. The van der Waals surface area contributed by atoms with Crippen LogP contribution in [0.25, 0.3) is 0 Å². The Kier molecular flexibility index (Phi) is 9.30. The molecule has 2 amide bonds. The number of amides is 2. The van der Waals surface area contributed by atoms with Crippen LogP contribution in [0.4, 0.5) is 14.9 Å². The van der Waals surface area contributed by atoms with Crippen molar-refractivity contribution < 1.29 is 18.7 Å². The van der Waals surface area contributed by atoms with Crippen molar-refractivity contribution in [1.82, 2.24) is 19.8 Å². The van der Waals surface area contributed by atoms with Gasteiger partial charge in [-0.15, -0.1) is 0 Å².